The average Bonchev–Trinajstić information content (AvgIpc) is 2.81. The lowest BCUT2D eigenvalue weighted by molar-refractivity contribution is -0.145. The zero-order valence-corrected chi connectivity index (χ0v) is 21.8. The van der Waals surface area contributed by atoms with E-state index in [1.54, 1.807) is 31.2 Å². The molecule has 8 nitrogen and oxygen atoms in total. The Morgan fingerprint density at radius 1 is 1.18 bits per heavy atom. The molecule has 0 aromatic heterocycles. The maximum atomic E-state index is 13.3. The van der Waals surface area contributed by atoms with Crippen LogP contribution in [0, 0.1) is 3.57 Å². The predicted molar refractivity (Wildman–Crippen MR) is 140 cm³/mol. The van der Waals surface area contributed by atoms with Gasteiger partial charge in [0.1, 0.15) is 5.57 Å². The number of anilines is 1. The second-order valence-electron chi connectivity index (χ2n) is 7.11. The number of rotatable bonds is 8. The van der Waals surface area contributed by atoms with Crippen molar-refractivity contribution < 1.29 is 28.6 Å². The Bertz CT molecular complexity index is 1160. The molecule has 1 fully saturated rings. The van der Waals surface area contributed by atoms with Gasteiger partial charge in [0.25, 0.3) is 11.8 Å². The van der Waals surface area contributed by atoms with Crippen LogP contribution in [0.5, 0.6) is 11.5 Å². The standard InChI is InChI=1S/C24H23IN2O6S/c1-4-14-6-8-16(9-7-14)27-23(30)17(22(29)26-24(27)34)10-15-11-18(25)21(19(12-15)31-3)33-13-20(28)32-5-2/h6-12H,4-5,13H2,1-3H3,(H,26,29,34)/b17-10+. The van der Waals surface area contributed by atoms with E-state index >= 15 is 0 Å². The van der Waals surface area contributed by atoms with Gasteiger partial charge >= 0.3 is 5.97 Å². The minimum atomic E-state index is -0.590. The predicted octanol–water partition coefficient (Wildman–Crippen LogP) is 3.64. The van der Waals surface area contributed by atoms with E-state index in [2.05, 4.69) is 5.32 Å². The molecule has 178 valence electrons. The van der Waals surface area contributed by atoms with Crippen LogP contribution in [0.4, 0.5) is 5.69 Å². The van der Waals surface area contributed by atoms with E-state index in [4.69, 9.17) is 26.4 Å². The Morgan fingerprint density at radius 2 is 1.88 bits per heavy atom. The van der Waals surface area contributed by atoms with Crippen LogP contribution in [0.15, 0.2) is 42.0 Å². The largest absolute Gasteiger partial charge is 0.493 e. The number of esters is 1. The van der Waals surface area contributed by atoms with E-state index in [1.807, 2.05) is 41.6 Å². The molecule has 34 heavy (non-hydrogen) atoms. The number of carbonyl (C=O) groups is 3. The van der Waals surface area contributed by atoms with E-state index in [0.717, 1.165) is 12.0 Å². The zero-order valence-electron chi connectivity index (χ0n) is 18.8. The summed E-state index contributed by atoms with van der Waals surface area (Å²) in [4.78, 5) is 38.8. The summed E-state index contributed by atoms with van der Waals surface area (Å²) in [5.41, 5.74) is 2.14. The third-order valence-corrected chi connectivity index (χ3v) is 5.99. The molecular weight excluding hydrogens is 571 g/mol. The van der Waals surface area contributed by atoms with Crippen molar-refractivity contribution >= 4 is 69.5 Å². The summed E-state index contributed by atoms with van der Waals surface area (Å²) in [6, 6.07) is 10.7. The van der Waals surface area contributed by atoms with Gasteiger partial charge in [-0.25, -0.2) is 4.79 Å². The lowest BCUT2D eigenvalue weighted by atomic mass is 10.1. The van der Waals surface area contributed by atoms with Gasteiger partial charge in [0.2, 0.25) is 0 Å². The summed E-state index contributed by atoms with van der Waals surface area (Å²) in [5.74, 6) is -0.924. The highest BCUT2D eigenvalue weighted by Gasteiger charge is 2.34. The molecule has 2 amide bonds. The van der Waals surface area contributed by atoms with Crippen molar-refractivity contribution in [2.24, 2.45) is 0 Å². The maximum absolute atomic E-state index is 13.3. The van der Waals surface area contributed by atoms with Crippen LogP contribution in [0.25, 0.3) is 6.08 Å². The summed E-state index contributed by atoms with van der Waals surface area (Å²) >= 11 is 7.29. The minimum absolute atomic E-state index is 0.0197. The summed E-state index contributed by atoms with van der Waals surface area (Å²) in [6.07, 6.45) is 2.33. The number of ether oxygens (including phenoxy) is 3. The van der Waals surface area contributed by atoms with Crippen LogP contribution >= 0.6 is 34.8 Å². The van der Waals surface area contributed by atoms with E-state index < -0.39 is 17.8 Å². The van der Waals surface area contributed by atoms with Gasteiger partial charge in [-0.3, -0.25) is 19.8 Å². The first-order valence-corrected chi connectivity index (χ1v) is 11.9. The van der Waals surface area contributed by atoms with Crippen LogP contribution in [0.2, 0.25) is 0 Å². The summed E-state index contributed by atoms with van der Waals surface area (Å²) in [6.45, 7) is 3.73. The van der Waals surface area contributed by atoms with Crippen LogP contribution in [0.1, 0.15) is 25.0 Å². The molecule has 0 bridgehead atoms. The molecule has 1 aliphatic heterocycles. The third-order valence-electron chi connectivity index (χ3n) is 4.91. The number of hydrogen-bond donors (Lipinski definition) is 1. The first-order chi connectivity index (χ1) is 16.3. The number of amides is 2. The highest BCUT2D eigenvalue weighted by Crippen LogP contribution is 2.35. The van der Waals surface area contributed by atoms with Crippen LogP contribution in [-0.4, -0.2) is 43.2 Å². The molecule has 3 rings (SSSR count). The summed E-state index contributed by atoms with van der Waals surface area (Å²) in [7, 11) is 1.46. The normalized spacial score (nSPS) is 14.8. The summed E-state index contributed by atoms with van der Waals surface area (Å²) in [5, 5.41) is 2.60. The topological polar surface area (TPSA) is 94.2 Å². The maximum Gasteiger partial charge on any atom is 0.344 e. The lowest BCUT2D eigenvalue weighted by Gasteiger charge is -2.29. The molecule has 0 atom stereocenters. The van der Waals surface area contributed by atoms with Crippen molar-refractivity contribution in [1.82, 2.24) is 5.32 Å². The molecule has 0 spiro atoms. The second kappa shape index (κ2) is 11.4. The number of thiocarbonyl (C=S) groups is 1. The zero-order chi connectivity index (χ0) is 24.8. The fourth-order valence-electron chi connectivity index (χ4n) is 3.24. The summed E-state index contributed by atoms with van der Waals surface area (Å²) < 4.78 is 16.5. The van der Waals surface area contributed by atoms with Gasteiger partial charge in [0.05, 0.1) is 23.0 Å². The highest BCUT2D eigenvalue weighted by molar-refractivity contribution is 14.1. The van der Waals surface area contributed by atoms with Crippen molar-refractivity contribution in [2.75, 3.05) is 25.2 Å². The van der Waals surface area contributed by atoms with Crippen LogP contribution in [0.3, 0.4) is 0 Å². The Labute approximate surface area is 216 Å². The average molecular weight is 594 g/mol. The molecule has 0 aliphatic carbocycles. The van der Waals surface area contributed by atoms with Gasteiger partial charge in [-0.15, -0.1) is 0 Å². The molecular formula is C24H23IN2O6S. The van der Waals surface area contributed by atoms with Crippen molar-refractivity contribution in [3.05, 3.63) is 56.7 Å². The molecule has 0 radical (unpaired) electrons. The molecule has 0 unspecified atom stereocenters. The van der Waals surface area contributed by atoms with E-state index in [-0.39, 0.29) is 23.9 Å². The van der Waals surface area contributed by atoms with Gasteiger partial charge < -0.3 is 14.2 Å². The fraction of sp³-hybridized carbons (Fsp3) is 0.250. The molecule has 1 aliphatic rings. The van der Waals surface area contributed by atoms with Crippen molar-refractivity contribution in [3.8, 4) is 11.5 Å². The van der Waals surface area contributed by atoms with E-state index in [0.29, 0.717) is 26.3 Å². The van der Waals surface area contributed by atoms with Gasteiger partial charge in [0, 0.05) is 0 Å². The number of halogens is 1. The van der Waals surface area contributed by atoms with Gasteiger partial charge in [-0.05, 0) is 89.6 Å². The Hall–Kier alpha value is -2.99. The number of benzene rings is 2. The van der Waals surface area contributed by atoms with Gasteiger partial charge in [0.15, 0.2) is 23.2 Å². The van der Waals surface area contributed by atoms with Crippen molar-refractivity contribution in [3.63, 3.8) is 0 Å². The number of carbonyl (C=O) groups excluding carboxylic acids is 3. The van der Waals surface area contributed by atoms with Gasteiger partial charge in [-0.1, -0.05) is 19.1 Å². The number of nitrogens with one attached hydrogen (secondary N) is 1. The quantitative estimate of drug-likeness (QED) is 0.164. The number of nitrogens with zero attached hydrogens (tertiary/aromatic N) is 1. The Kier molecular flexibility index (Phi) is 8.61. The first kappa shape index (κ1) is 25.6. The third kappa shape index (κ3) is 5.73. The molecule has 10 heteroatoms. The number of methoxy groups -OCH3 is 1. The molecule has 1 saturated heterocycles. The van der Waals surface area contributed by atoms with Gasteiger partial charge in [-0.2, -0.15) is 0 Å². The lowest BCUT2D eigenvalue weighted by Crippen LogP contribution is -2.54. The molecule has 1 heterocycles. The van der Waals surface area contributed by atoms with Crippen molar-refractivity contribution in [2.45, 2.75) is 20.3 Å². The first-order valence-electron chi connectivity index (χ1n) is 10.4. The Balaban J connectivity index is 1.92. The number of hydrogen-bond acceptors (Lipinski definition) is 7. The molecule has 2 aromatic rings. The van der Waals surface area contributed by atoms with Crippen LogP contribution in [-0.2, 0) is 25.5 Å². The van der Waals surface area contributed by atoms with Crippen LogP contribution < -0.4 is 19.7 Å². The molecule has 2 aromatic carbocycles. The smallest absolute Gasteiger partial charge is 0.344 e. The van der Waals surface area contributed by atoms with Crippen molar-refractivity contribution in [1.29, 1.82) is 0 Å². The fourth-order valence-corrected chi connectivity index (χ4v) is 4.30. The second-order valence-corrected chi connectivity index (χ2v) is 8.65. The van der Waals surface area contributed by atoms with E-state index in [1.165, 1.54) is 18.1 Å². The monoisotopic (exact) mass is 594 g/mol. The molecule has 1 N–H and O–H groups in total. The van der Waals surface area contributed by atoms with E-state index in [9.17, 15) is 14.4 Å². The minimum Gasteiger partial charge on any atom is -0.493 e. The molecule has 0 saturated carbocycles. The highest BCUT2D eigenvalue weighted by atomic mass is 127. The Morgan fingerprint density at radius 3 is 2.50 bits per heavy atom. The SMILES string of the molecule is CCOC(=O)COc1c(I)cc(/C=C2\C(=O)NC(=S)N(c3ccc(CC)cc3)C2=O)cc1OC. The number of aryl methyl sites for hydroxylation is 1.